The number of aliphatic hydroxyl groups is 1. The Hall–Kier alpha value is -0.930. The van der Waals surface area contributed by atoms with Crippen LogP contribution in [0.25, 0.3) is 0 Å². The fourth-order valence-electron chi connectivity index (χ4n) is 2.18. The zero-order valence-electron chi connectivity index (χ0n) is 10.9. The number of aromatic nitrogens is 1. The molecule has 0 aromatic carbocycles. The summed E-state index contributed by atoms with van der Waals surface area (Å²) in [5.74, 6) is 0. The lowest BCUT2D eigenvalue weighted by Gasteiger charge is -2.35. The molecule has 1 atom stereocenters. The van der Waals surface area contributed by atoms with Crippen LogP contribution in [0.15, 0.2) is 12.3 Å². The molecule has 1 aromatic heterocycles. The van der Waals surface area contributed by atoms with E-state index < -0.39 is 5.60 Å². The molecule has 0 spiro atoms. The molecule has 3 nitrogen and oxygen atoms in total. The van der Waals surface area contributed by atoms with Crippen molar-refractivity contribution in [3.63, 3.8) is 0 Å². The van der Waals surface area contributed by atoms with Crippen molar-refractivity contribution in [1.29, 1.82) is 0 Å². The summed E-state index contributed by atoms with van der Waals surface area (Å²) in [7, 11) is 2.01. The molecule has 0 bridgehead atoms. The lowest BCUT2D eigenvalue weighted by Crippen LogP contribution is -2.42. The summed E-state index contributed by atoms with van der Waals surface area (Å²) in [6, 6.07) is 2.10. The van der Waals surface area contributed by atoms with Gasteiger partial charge in [0.25, 0.3) is 0 Å². The molecule has 3 heteroatoms. The molecule has 1 aliphatic rings. The predicted molar refractivity (Wildman–Crippen MR) is 66.2 cm³/mol. The summed E-state index contributed by atoms with van der Waals surface area (Å²) in [6.07, 6.45) is 1.82. The highest BCUT2D eigenvalue weighted by atomic mass is 16.3. The summed E-state index contributed by atoms with van der Waals surface area (Å²) in [5.41, 5.74) is 2.32. The van der Waals surface area contributed by atoms with Gasteiger partial charge in [0, 0.05) is 19.3 Å². The molecule has 0 saturated heterocycles. The monoisotopic (exact) mass is 222 g/mol. The Morgan fingerprint density at radius 3 is 2.69 bits per heavy atom. The van der Waals surface area contributed by atoms with Crippen LogP contribution in [0.2, 0.25) is 0 Å². The number of nitrogens with zero attached hydrogens (tertiary/aromatic N) is 2. The van der Waals surface area contributed by atoms with E-state index in [0.29, 0.717) is 6.54 Å². The van der Waals surface area contributed by atoms with Gasteiger partial charge in [0.2, 0.25) is 0 Å². The number of hydrogen-bond acceptors (Lipinski definition) is 3. The van der Waals surface area contributed by atoms with Crippen molar-refractivity contribution in [1.82, 2.24) is 9.88 Å². The van der Waals surface area contributed by atoms with Crippen LogP contribution in [-0.4, -0.2) is 28.6 Å². The maximum Gasteiger partial charge on any atom is 0.117 e. The number of β-amino-alcohol motifs (C(OH)–C–C–N with tert-alkyl or cyclic N) is 1. The second kappa shape index (κ2) is 4.93. The Labute approximate surface area is 98.1 Å². The summed E-state index contributed by atoms with van der Waals surface area (Å²) in [4.78, 5) is 6.44. The van der Waals surface area contributed by atoms with Crippen LogP contribution in [-0.2, 0) is 12.1 Å². The SMILES string of the molecule is CC.Cc1cnc2c(c1)CN(C)CC2(C)O. The molecule has 2 heterocycles. The lowest BCUT2D eigenvalue weighted by molar-refractivity contribution is 0.00412. The van der Waals surface area contributed by atoms with Crippen molar-refractivity contribution in [3.05, 3.63) is 29.1 Å². The average Bonchev–Trinajstić information content (AvgIpc) is 2.18. The molecule has 16 heavy (non-hydrogen) atoms. The number of aryl methyl sites for hydroxylation is 1. The van der Waals surface area contributed by atoms with Crippen LogP contribution in [0.1, 0.15) is 37.6 Å². The topological polar surface area (TPSA) is 36.4 Å². The minimum atomic E-state index is -0.809. The predicted octanol–water partition coefficient (Wildman–Crippen LogP) is 2.07. The highest BCUT2D eigenvalue weighted by molar-refractivity contribution is 5.30. The maximum absolute atomic E-state index is 10.2. The van der Waals surface area contributed by atoms with E-state index in [1.807, 2.05) is 40.9 Å². The zero-order chi connectivity index (χ0) is 12.3. The van der Waals surface area contributed by atoms with E-state index in [1.54, 1.807) is 0 Å². The van der Waals surface area contributed by atoms with E-state index in [2.05, 4.69) is 16.0 Å². The van der Waals surface area contributed by atoms with E-state index in [-0.39, 0.29) is 0 Å². The Balaban J connectivity index is 0.000000606. The van der Waals surface area contributed by atoms with Gasteiger partial charge in [-0.15, -0.1) is 0 Å². The lowest BCUT2D eigenvalue weighted by atomic mass is 9.92. The molecule has 1 aliphatic heterocycles. The van der Waals surface area contributed by atoms with Crippen molar-refractivity contribution in [2.75, 3.05) is 13.6 Å². The van der Waals surface area contributed by atoms with E-state index >= 15 is 0 Å². The quantitative estimate of drug-likeness (QED) is 0.730. The fraction of sp³-hybridized carbons (Fsp3) is 0.615. The number of fused-ring (bicyclic) bond motifs is 1. The minimum absolute atomic E-state index is 0.649. The molecular formula is C13H22N2O. The Kier molecular flexibility index (Phi) is 4.05. The van der Waals surface area contributed by atoms with Gasteiger partial charge in [0.15, 0.2) is 0 Å². The fourth-order valence-corrected chi connectivity index (χ4v) is 2.18. The minimum Gasteiger partial charge on any atom is -0.382 e. The summed E-state index contributed by atoms with van der Waals surface area (Å²) in [5, 5.41) is 10.2. The highest BCUT2D eigenvalue weighted by Crippen LogP contribution is 2.29. The van der Waals surface area contributed by atoms with Gasteiger partial charge in [-0.25, -0.2) is 0 Å². The van der Waals surface area contributed by atoms with Crippen LogP contribution in [0, 0.1) is 6.92 Å². The van der Waals surface area contributed by atoms with Gasteiger partial charge >= 0.3 is 0 Å². The van der Waals surface area contributed by atoms with Crippen LogP contribution in [0.5, 0.6) is 0 Å². The van der Waals surface area contributed by atoms with Crippen molar-refractivity contribution in [2.24, 2.45) is 0 Å². The largest absolute Gasteiger partial charge is 0.382 e. The van der Waals surface area contributed by atoms with Crippen molar-refractivity contribution in [2.45, 2.75) is 39.8 Å². The molecule has 0 amide bonds. The standard InChI is InChI=1S/C11H16N2O.C2H6/c1-8-4-9-6-13(3)7-11(2,14)10(9)12-5-8;1-2/h4-5,14H,6-7H2,1-3H3;1-2H3. The third-order valence-electron chi connectivity index (χ3n) is 2.63. The van der Waals surface area contributed by atoms with Gasteiger partial charge in [-0.2, -0.15) is 0 Å². The third-order valence-corrected chi connectivity index (χ3v) is 2.63. The summed E-state index contributed by atoms with van der Waals surface area (Å²) >= 11 is 0. The zero-order valence-corrected chi connectivity index (χ0v) is 10.9. The Bertz CT molecular complexity index is 361. The van der Waals surface area contributed by atoms with Gasteiger partial charge in [-0.3, -0.25) is 9.88 Å². The third kappa shape index (κ3) is 2.60. The summed E-state index contributed by atoms with van der Waals surface area (Å²) in [6.45, 7) is 9.37. The molecule has 0 aliphatic carbocycles. The Morgan fingerprint density at radius 2 is 2.06 bits per heavy atom. The van der Waals surface area contributed by atoms with Crippen molar-refractivity contribution in [3.8, 4) is 0 Å². The van der Waals surface area contributed by atoms with Gasteiger partial charge < -0.3 is 5.11 Å². The maximum atomic E-state index is 10.2. The highest BCUT2D eigenvalue weighted by Gasteiger charge is 2.33. The van der Waals surface area contributed by atoms with Gasteiger partial charge in [-0.05, 0) is 32.0 Å². The number of hydrogen-bond donors (Lipinski definition) is 1. The molecule has 2 rings (SSSR count). The molecule has 1 N–H and O–H groups in total. The van der Waals surface area contributed by atoms with Crippen molar-refractivity contribution < 1.29 is 5.11 Å². The normalized spacial score (nSPS) is 24.4. The molecule has 1 unspecified atom stereocenters. The molecule has 0 saturated carbocycles. The first-order valence-electron chi connectivity index (χ1n) is 5.86. The Morgan fingerprint density at radius 1 is 1.44 bits per heavy atom. The molecule has 0 fully saturated rings. The van der Waals surface area contributed by atoms with Crippen LogP contribution < -0.4 is 0 Å². The van der Waals surface area contributed by atoms with Gasteiger partial charge in [0.05, 0.1) is 5.69 Å². The first-order chi connectivity index (χ1) is 7.49. The summed E-state index contributed by atoms with van der Waals surface area (Å²) < 4.78 is 0. The molecule has 90 valence electrons. The van der Waals surface area contributed by atoms with Crippen molar-refractivity contribution >= 4 is 0 Å². The van der Waals surface area contributed by atoms with Crippen LogP contribution in [0.3, 0.4) is 0 Å². The van der Waals surface area contributed by atoms with Crippen LogP contribution in [0.4, 0.5) is 0 Å². The van der Waals surface area contributed by atoms with E-state index in [4.69, 9.17) is 0 Å². The first kappa shape index (κ1) is 13.1. The number of pyridine rings is 1. The second-order valence-electron chi connectivity index (χ2n) is 4.47. The second-order valence-corrected chi connectivity index (χ2v) is 4.47. The smallest absolute Gasteiger partial charge is 0.117 e. The molecular weight excluding hydrogens is 200 g/mol. The van der Waals surface area contributed by atoms with Gasteiger partial charge in [-0.1, -0.05) is 19.9 Å². The van der Waals surface area contributed by atoms with E-state index in [9.17, 15) is 5.11 Å². The number of rotatable bonds is 0. The van der Waals surface area contributed by atoms with Gasteiger partial charge in [0.1, 0.15) is 5.60 Å². The van der Waals surface area contributed by atoms with E-state index in [0.717, 1.165) is 23.4 Å². The molecule has 0 radical (unpaired) electrons. The van der Waals surface area contributed by atoms with Crippen LogP contribution >= 0.6 is 0 Å². The average molecular weight is 222 g/mol. The van der Waals surface area contributed by atoms with E-state index in [1.165, 1.54) is 0 Å². The number of likely N-dealkylation sites (N-methyl/N-ethyl adjacent to an activating group) is 1. The molecule has 1 aromatic rings. The first-order valence-corrected chi connectivity index (χ1v) is 5.86.